The third-order valence-corrected chi connectivity index (χ3v) is 3.67. The van der Waals surface area contributed by atoms with Crippen LogP contribution in [-0.4, -0.2) is 38.4 Å². The van der Waals surface area contributed by atoms with Crippen molar-refractivity contribution in [1.82, 2.24) is 19.5 Å². The van der Waals surface area contributed by atoms with Gasteiger partial charge in [-0.1, -0.05) is 0 Å². The average Bonchev–Trinajstić information content (AvgIpc) is 3.03. The summed E-state index contributed by atoms with van der Waals surface area (Å²) >= 11 is 0. The van der Waals surface area contributed by atoms with Crippen molar-refractivity contribution in [2.45, 2.75) is 0 Å². The van der Waals surface area contributed by atoms with Gasteiger partial charge in [-0.2, -0.15) is 0 Å². The Morgan fingerprint density at radius 2 is 1.80 bits per heavy atom. The van der Waals surface area contributed by atoms with Crippen molar-refractivity contribution in [2.24, 2.45) is 7.05 Å². The smallest absolute Gasteiger partial charge is 0.291 e. The zero-order chi connectivity index (χ0) is 17.8. The van der Waals surface area contributed by atoms with Crippen LogP contribution in [0.15, 0.2) is 55.2 Å². The highest BCUT2D eigenvalue weighted by Crippen LogP contribution is 2.15. The van der Waals surface area contributed by atoms with E-state index in [1.54, 1.807) is 57.0 Å². The van der Waals surface area contributed by atoms with Crippen molar-refractivity contribution in [3.05, 3.63) is 66.8 Å². The minimum atomic E-state index is -0.418. The first kappa shape index (κ1) is 16.3. The molecule has 3 rings (SSSR count). The molecule has 0 atom stereocenters. The lowest BCUT2D eigenvalue weighted by Gasteiger charge is -2.17. The zero-order valence-electron chi connectivity index (χ0n) is 13.7. The monoisotopic (exact) mass is 336 g/mol. The van der Waals surface area contributed by atoms with E-state index in [4.69, 9.17) is 0 Å². The molecule has 0 bridgehead atoms. The summed E-state index contributed by atoms with van der Waals surface area (Å²) in [6, 6.07) is 6.95. The van der Waals surface area contributed by atoms with E-state index in [-0.39, 0.29) is 11.7 Å². The van der Waals surface area contributed by atoms with E-state index in [0.717, 1.165) is 0 Å². The molecule has 0 aliphatic heterocycles. The first-order valence-corrected chi connectivity index (χ1v) is 7.49. The Morgan fingerprint density at radius 3 is 2.44 bits per heavy atom. The van der Waals surface area contributed by atoms with Crippen LogP contribution in [0.3, 0.4) is 0 Å². The van der Waals surface area contributed by atoms with Crippen LogP contribution in [0.1, 0.15) is 21.1 Å². The Morgan fingerprint density at radius 1 is 1.08 bits per heavy atom. The van der Waals surface area contributed by atoms with Crippen molar-refractivity contribution < 1.29 is 9.59 Å². The molecular weight excluding hydrogens is 320 g/mol. The van der Waals surface area contributed by atoms with Gasteiger partial charge in [-0.25, -0.2) is 4.98 Å². The van der Waals surface area contributed by atoms with E-state index >= 15 is 0 Å². The first-order valence-electron chi connectivity index (χ1n) is 7.49. The number of nitrogens with one attached hydrogen (secondary N) is 1. The van der Waals surface area contributed by atoms with Gasteiger partial charge < -0.3 is 14.8 Å². The van der Waals surface area contributed by atoms with Gasteiger partial charge in [0, 0.05) is 26.5 Å². The summed E-state index contributed by atoms with van der Waals surface area (Å²) < 4.78 is 1.46. The number of hydrogen-bond acceptors (Lipinski definition) is 5. The van der Waals surface area contributed by atoms with Crippen LogP contribution in [0.4, 0.5) is 11.4 Å². The SMILES string of the molecule is CN(C(=O)c1cnc(C(=O)Nc2cccnc2)n1C)c1cccnc1. The lowest BCUT2D eigenvalue weighted by Crippen LogP contribution is -2.29. The second-order valence-electron chi connectivity index (χ2n) is 5.30. The predicted molar refractivity (Wildman–Crippen MR) is 92.4 cm³/mol. The lowest BCUT2D eigenvalue weighted by molar-refractivity contribution is 0.0984. The number of aromatic nitrogens is 4. The van der Waals surface area contributed by atoms with Gasteiger partial charge in [0.1, 0.15) is 5.69 Å². The zero-order valence-corrected chi connectivity index (χ0v) is 13.7. The van der Waals surface area contributed by atoms with Crippen LogP contribution in [-0.2, 0) is 7.05 Å². The van der Waals surface area contributed by atoms with E-state index in [1.165, 1.54) is 21.9 Å². The number of imidazole rings is 1. The maximum Gasteiger partial charge on any atom is 0.291 e. The van der Waals surface area contributed by atoms with Crippen LogP contribution < -0.4 is 10.2 Å². The third kappa shape index (κ3) is 3.37. The first-order chi connectivity index (χ1) is 12.1. The second-order valence-corrected chi connectivity index (χ2v) is 5.30. The number of carbonyl (C=O) groups excluding carboxylic acids is 2. The number of anilines is 2. The standard InChI is InChI=1S/C17H16N6O2/c1-22(13-6-4-8-19-10-13)17(25)14-11-20-15(23(14)2)16(24)21-12-5-3-7-18-9-12/h3-11H,1-2H3,(H,21,24). The van der Waals surface area contributed by atoms with Gasteiger partial charge in [0.2, 0.25) is 0 Å². The number of hydrogen-bond donors (Lipinski definition) is 1. The van der Waals surface area contributed by atoms with E-state index < -0.39 is 5.91 Å². The summed E-state index contributed by atoms with van der Waals surface area (Å²) in [5.74, 6) is -0.575. The molecule has 1 N–H and O–H groups in total. The van der Waals surface area contributed by atoms with Crippen LogP contribution >= 0.6 is 0 Å². The molecule has 8 nitrogen and oxygen atoms in total. The fraction of sp³-hybridized carbons (Fsp3) is 0.118. The van der Waals surface area contributed by atoms with Crippen LogP contribution in [0, 0.1) is 0 Å². The molecule has 0 fully saturated rings. The molecule has 0 aliphatic rings. The quantitative estimate of drug-likeness (QED) is 0.783. The highest BCUT2D eigenvalue weighted by atomic mass is 16.2. The highest BCUT2D eigenvalue weighted by molar-refractivity contribution is 6.07. The number of pyridine rings is 2. The largest absolute Gasteiger partial charge is 0.319 e. The van der Waals surface area contributed by atoms with Gasteiger partial charge in [-0.15, -0.1) is 0 Å². The topological polar surface area (TPSA) is 93.0 Å². The Balaban J connectivity index is 1.81. The summed E-state index contributed by atoms with van der Waals surface area (Å²) in [4.78, 5) is 38.5. The van der Waals surface area contributed by atoms with Crippen molar-refractivity contribution in [2.75, 3.05) is 17.3 Å². The van der Waals surface area contributed by atoms with E-state index in [2.05, 4.69) is 20.3 Å². The van der Waals surface area contributed by atoms with Gasteiger partial charge in [-0.3, -0.25) is 19.6 Å². The van der Waals surface area contributed by atoms with Crippen molar-refractivity contribution in [1.29, 1.82) is 0 Å². The lowest BCUT2D eigenvalue weighted by atomic mass is 10.3. The molecule has 0 unspecified atom stereocenters. The molecule has 3 aromatic heterocycles. The molecule has 0 radical (unpaired) electrons. The van der Waals surface area contributed by atoms with Gasteiger partial charge >= 0.3 is 0 Å². The summed E-state index contributed by atoms with van der Waals surface area (Å²) in [7, 11) is 3.26. The Hall–Kier alpha value is -3.55. The van der Waals surface area contributed by atoms with E-state index in [0.29, 0.717) is 17.1 Å². The Bertz CT molecular complexity index is 892. The number of amides is 2. The minimum Gasteiger partial charge on any atom is -0.319 e. The number of rotatable bonds is 4. The fourth-order valence-corrected chi connectivity index (χ4v) is 2.28. The average molecular weight is 336 g/mol. The molecular formula is C17H16N6O2. The van der Waals surface area contributed by atoms with E-state index in [9.17, 15) is 9.59 Å². The normalized spacial score (nSPS) is 10.3. The Kier molecular flexibility index (Phi) is 4.51. The van der Waals surface area contributed by atoms with Crippen molar-refractivity contribution in [3.8, 4) is 0 Å². The highest BCUT2D eigenvalue weighted by Gasteiger charge is 2.22. The molecule has 8 heteroatoms. The molecule has 0 aliphatic carbocycles. The molecule has 3 aromatic rings. The number of nitrogens with zero attached hydrogens (tertiary/aromatic N) is 5. The molecule has 0 spiro atoms. The molecule has 0 saturated carbocycles. The molecule has 0 saturated heterocycles. The van der Waals surface area contributed by atoms with Crippen molar-refractivity contribution in [3.63, 3.8) is 0 Å². The van der Waals surface area contributed by atoms with Gasteiger partial charge in [0.05, 0.1) is 30.0 Å². The van der Waals surface area contributed by atoms with Crippen LogP contribution in [0.25, 0.3) is 0 Å². The van der Waals surface area contributed by atoms with Gasteiger partial charge in [0.15, 0.2) is 5.82 Å². The molecule has 2 amide bonds. The molecule has 3 heterocycles. The second kappa shape index (κ2) is 6.91. The molecule has 126 valence electrons. The van der Waals surface area contributed by atoms with Crippen molar-refractivity contribution >= 4 is 23.2 Å². The summed E-state index contributed by atoms with van der Waals surface area (Å²) in [5.41, 5.74) is 1.49. The third-order valence-electron chi connectivity index (χ3n) is 3.67. The summed E-state index contributed by atoms with van der Waals surface area (Å²) in [6.07, 6.45) is 7.75. The Labute approximate surface area is 144 Å². The maximum atomic E-state index is 12.7. The molecule has 25 heavy (non-hydrogen) atoms. The summed E-state index contributed by atoms with van der Waals surface area (Å²) in [5, 5.41) is 2.69. The van der Waals surface area contributed by atoms with E-state index in [1.807, 2.05) is 0 Å². The predicted octanol–water partition coefficient (Wildman–Crippen LogP) is 1.74. The van der Waals surface area contributed by atoms with Gasteiger partial charge in [-0.05, 0) is 24.3 Å². The fourth-order valence-electron chi connectivity index (χ4n) is 2.28. The van der Waals surface area contributed by atoms with Crippen LogP contribution in [0.5, 0.6) is 0 Å². The van der Waals surface area contributed by atoms with Gasteiger partial charge in [0.25, 0.3) is 11.8 Å². The number of carbonyl (C=O) groups is 2. The summed E-state index contributed by atoms with van der Waals surface area (Å²) in [6.45, 7) is 0. The molecule has 0 aromatic carbocycles. The minimum absolute atomic E-state index is 0.131. The maximum absolute atomic E-state index is 12.7. The van der Waals surface area contributed by atoms with Crippen LogP contribution in [0.2, 0.25) is 0 Å².